The summed E-state index contributed by atoms with van der Waals surface area (Å²) in [6.45, 7) is 1.80. The molecule has 0 radical (unpaired) electrons. The lowest BCUT2D eigenvalue weighted by Gasteiger charge is -2.24. The number of nitrogens with one attached hydrogen (secondary N) is 2. The second kappa shape index (κ2) is 12.5. The second-order valence-electron chi connectivity index (χ2n) is 7.68. The Morgan fingerprint density at radius 1 is 1.09 bits per heavy atom. The highest BCUT2D eigenvalue weighted by atomic mass is 127. The minimum absolute atomic E-state index is 0.00528. The van der Waals surface area contributed by atoms with E-state index in [2.05, 4.69) is 33.2 Å². The molecule has 182 valence electrons. The van der Waals surface area contributed by atoms with Crippen molar-refractivity contribution in [2.75, 3.05) is 22.6 Å². The van der Waals surface area contributed by atoms with Crippen molar-refractivity contribution >= 4 is 63.4 Å². The number of benzene rings is 3. The van der Waals surface area contributed by atoms with E-state index < -0.39 is 18.1 Å². The van der Waals surface area contributed by atoms with Crippen molar-refractivity contribution in [3.8, 4) is 5.75 Å². The first-order chi connectivity index (χ1) is 16.8. The number of nitrogens with two attached hydrogens (primary N) is 1. The molecular weight excluding hydrogens is 577 g/mol. The molecule has 9 heteroatoms. The number of amides is 2. The minimum atomic E-state index is -0.846. The van der Waals surface area contributed by atoms with Gasteiger partial charge in [0, 0.05) is 25.6 Å². The average molecular weight is 603 g/mol. The monoisotopic (exact) mass is 603 g/mol. The Bertz CT molecular complexity index is 1220. The molecule has 0 bridgehead atoms. The van der Waals surface area contributed by atoms with Gasteiger partial charge in [0.15, 0.2) is 0 Å². The second-order valence-corrected chi connectivity index (χ2v) is 9.80. The number of thioether (sulfide) groups is 1. The molecule has 35 heavy (non-hydrogen) atoms. The van der Waals surface area contributed by atoms with E-state index in [-0.39, 0.29) is 11.7 Å². The van der Waals surface area contributed by atoms with Crippen molar-refractivity contribution in [1.82, 2.24) is 0 Å². The van der Waals surface area contributed by atoms with Gasteiger partial charge >= 0.3 is 6.09 Å². The van der Waals surface area contributed by atoms with Gasteiger partial charge in [-0.2, -0.15) is 0 Å². The number of phenolic OH excluding ortho intramolecular Hbond substituents is 1. The molecule has 3 aromatic rings. The number of hydrogen-bond donors (Lipinski definition) is 4. The van der Waals surface area contributed by atoms with Gasteiger partial charge in [-0.25, -0.2) is 4.79 Å². The summed E-state index contributed by atoms with van der Waals surface area (Å²) >= 11 is 3.72. The molecule has 0 unspecified atom stereocenters. The number of anilines is 3. The van der Waals surface area contributed by atoms with E-state index in [4.69, 9.17) is 10.5 Å². The highest BCUT2D eigenvalue weighted by molar-refractivity contribution is 14.1. The van der Waals surface area contributed by atoms with Gasteiger partial charge in [0.05, 0.1) is 11.4 Å². The number of hydrogen-bond acceptors (Lipinski definition) is 6. The fraction of sp³-hybridized carbons (Fsp3) is 0.154. The Hall–Kier alpha value is -3.18. The van der Waals surface area contributed by atoms with Gasteiger partial charge in [0.2, 0.25) is 5.91 Å². The van der Waals surface area contributed by atoms with E-state index in [1.807, 2.05) is 18.4 Å². The lowest BCUT2D eigenvalue weighted by molar-refractivity contribution is -0.111. The van der Waals surface area contributed by atoms with Crippen molar-refractivity contribution < 1.29 is 19.4 Å². The summed E-state index contributed by atoms with van der Waals surface area (Å²) in [5.41, 5.74) is 7.86. The number of halogens is 1. The van der Waals surface area contributed by atoms with Crippen LogP contribution in [0.4, 0.5) is 21.9 Å². The Balaban J connectivity index is 1.77. The molecule has 0 saturated carbocycles. The van der Waals surface area contributed by atoms with Crippen molar-refractivity contribution in [3.05, 3.63) is 88.0 Å². The lowest BCUT2D eigenvalue weighted by Crippen LogP contribution is -2.21. The number of phenols is 1. The standard InChI is InChI=1S/C26H26IN3O4S/c1-16(7-14-24(32)30-22-6-4-3-5-21(22)28)25(20-15-17(27)8-13-23(20)31)34-26(33)29-18-9-11-19(35-2)12-10-18/h3-16,25,31H,28H2,1-2H3,(H,29,33)(H,30,32)/b14-7+/t16-,25-/m1/s1. The molecule has 0 aromatic heterocycles. The number of nitrogen functional groups attached to an aromatic ring is 1. The molecule has 5 N–H and O–H groups in total. The molecular formula is C26H26IN3O4S. The summed E-state index contributed by atoms with van der Waals surface area (Å²) in [5.74, 6) is -0.824. The third kappa shape index (κ3) is 7.66. The molecule has 2 atom stereocenters. The predicted molar refractivity (Wildman–Crippen MR) is 150 cm³/mol. The van der Waals surface area contributed by atoms with Crippen molar-refractivity contribution in [3.63, 3.8) is 0 Å². The summed E-state index contributed by atoms with van der Waals surface area (Å²) in [6.07, 6.45) is 3.43. The van der Waals surface area contributed by atoms with E-state index in [0.29, 0.717) is 22.6 Å². The number of carbonyl (C=O) groups excluding carboxylic acids is 2. The summed E-state index contributed by atoms with van der Waals surface area (Å²) in [4.78, 5) is 26.2. The maximum absolute atomic E-state index is 12.7. The van der Waals surface area contributed by atoms with E-state index >= 15 is 0 Å². The zero-order chi connectivity index (χ0) is 25.4. The molecule has 0 saturated heterocycles. The SMILES string of the molecule is CSc1ccc(NC(=O)O[C@@H](c2cc(I)ccc2O)[C@H](C)/C=C/C(=O)Nc2ccccc2N)cc1. The minimum Gasteiger partial charge on any atom is -0.508 e. The van der Waals surface area contributed by atoms with Gasteiger partial charge in [-0.05, 0) is 89.5 Å². The van der Waals surface area contributed by atoms with Gasteiger partial charge in [0.25, 0.3) is 0 Å². The van der Waals surface area contributed by atoms with Crippen LogP contribution in [0.5, 0.6) is 5.75 Å². The van der Waals surface area contributed by atoms with Gasteiger partial charge in [-0.1, -0.05) is 25.1 Å². The van der Waals surface area contributed by atoms with Crippen LogP contribution in [-0.2, 0) is 9.53 Å². The average Bonchev–Trinajstić information content (AvgIpc) is 2.84. The molecule has 0 aliphatic heterocycles. The van der Waals surface area contributed by atoms with Crippen LogP contribution < -0.4 is 16.4 Å². The van der Waals surface area contributed by atoms with Crippen LogP contribution in [0.3, 0.4) is 0 Å². The zero-order valence-corrected chi connectivity index (χ0v) is 22.2. The smallest absolute Gasteiger partial charge is 0.412 e. The van der Waals surface area contributed by atoms with E-state index in [1.165, 1.54) is 6.08 Å². The van der Waals surface area contributed by atoms with Crippen LogP contribution in [0.25, 0.3) is 0 Å². The first-order valence-electron chi connectivity index (χ1n) is 10.7. The topological polar surface area (TPSA) is 114 Å². The molecule has 0 heterocycles. The molecule has 2 amide bonds. The molecule has 0 fully saturated rings. The molecule has 3 rings (SSSR count). The fourth-order valence-electron chi connectivity index (χ4n) is 3.27. The van der Waals surface area contributed by atoms with Crippen molar-refractivity contribution in [2.24, 2.45) is 5.92 Å². The quantitative estimate of drug-likeness (QED) is 0.102. The molecule has 3 aromatic carbocycles. The molecule has 7 nitrogen and oxygen atoms in total. The lowest BCUT2D eigenvalue weighted by atomic mass is 9.96. The largest absolute Gasteiger partial charge is 0.508 e. The van der Waals surface area contributed by atoms with E-state index in [1.54, 1.807) is 79.4 Å². The van der Waals surface area contributed by atoms with Crippen molar-refractivity contribution in [2.45, 2.75) is 17.9 Å². The Labute approximate surface area is 222 Å². The third-order valence-electron chi connectivity index (χ3n) is 5.11. The summed E-state index contributed by atoms with van der Waals surface area (Å²) in [6, 6.07) is 19.4. The number of para-hydroxylation sites is 2. The van der Waals surface area contributed by atoms with Gasteiger partial charge < -0.3 is 20.9 Å². The Morgan fingerprint density at radius 3 is 2.49 bits per heavy atom. The maximum Gasteiger partial charge on any atom is 0.412 e. The van der Waals surface area contributed by atoms with E-state index in [0.717, 1.165) is 8.47 Å². The summed E-state index contributed by atoms with van der Waals surface area (Å²) in [7, 11) is 0. The first-order valence-corrected chi connectivity index (χ1v) is 13.0. The van der Waals surface area contributed by atoms with Gasteiger partial charge in [0.1, 0.15) is 11.9 Å². The normalized spacial score (nSPS) is 12.7. The zero-order valence-electron chi connectivity index (χ0n) is 19.2. The van der Waals surface area contributed by atoms with Crippen LogP contribution in [0, 0.1) is 9.49 Å². The maximum atomic E-state index is 12.7. The number of rotatable bonds is 8. The molecule has 0 aliphatic rings. The predicted octanol–water partition coefficient (Wildman–Crippen LogP) is 6.42. The Kier molecular flexibility index (Phi) is 9.44. The van der Waals surface area contributed by atoms with Crippen LogP contribution in [0.15, 0.2) is 83.8 Å². The molecule has 0 spiro atoms. The molecule has 0 aliphatic carbocycles. The van der Waals surface area contributed by atoms with Crippen LogP contribution in [0.2, 0.25) is 0 Å². The van der Waals surface area contributed by atoms with Crippen LogP contribution in [0.1, 0.15) is 18.6 Å². The first kappa shape index (κ1) is 26.4. The van der Waals surface area contributed by atoms with Gasteiger partial charge in [-0.15, -0.1) is 11.8 Å². The third-order valence-corrected chi connectivity index (χ3v) is 6.53. The highest BCUT2D eigenvalue weighted by Gasteiger charge is 2.25. The highest BCUT2D eigenvalue weighted by Crippen LogP contribution is 2.35. The fourth-order valence-corrected chi connectivity index (χ4v) is 4.19. The number of carbonyl (C=O) groups is 2. The summed E-state index contributed by atoms with van der Waals surface area (Å²) < 4.78 is 6.61. The van der Waals surface area contributed by atoms with Crippen molar-refractivity contribution in [1.29, 1.82) is 0 Å². The van der Waals surface area contributed by atoms with Crippen LogP contribution in [-0.4, -0.2) is 23.4 Å². The number of aromatic hydroxyl groups is 1. The van der Waals surface area contributed by atoms with E-state index in [9.17, 15) is 14.7 Å². The Morgan fingerprint density at radius 2 is 1.80 bits per heavy atom. The van der Waals surface area contributed by atoms with Crippen LogP contribution >= 0.6 is 34.4 Å². The summed E-state index contributed by atoms with van der Waals surface area (Å²) in [5, 5.41) is 15.9. The number of ether oxygens (including phenoxy) is 1. The van der Waals surface area contributed by atoms with Gasteiger partial charge in [-0.3, -0.25) is 10.1 Å².